The Hall–Kier alpha value is -3.68. The summed E-state index contributed by atoms with van der Waals surface area (Å²) in [5.74, 6) is -3.07. The maximum Gasteiger partial charge on any atom is 0.322 e. The van der Waals surface area contributed by atoms with Gasteiger partial charge in [0.2, 0.25) is 0 Å². The fourth-order valence-electron chi connectivity index (χ4n) is 2.91. The van der Waals surface area contributed by atoms with E-state index < -0.39 is 29.9 Å². The lowest BCUT2D eigenvalue weighted by Crippen LogP contribution is -2.43. The molecule has 0 radical (unpaired) electrons. The van der Waals surface area contributed by atoms with Crippen molar-refractivity contribution < 1.29 is 24.6 Å². The van der Waals surface area contributed by atoms with Gasteiger partial charge < -0.3 is 20.4 Å². The zero-order valence-electron chi connectivity index (χ0n) is 15.0. The number of nitrogens with zero attached hydrogens (tertiary/aromatic N) is 2. The van der Waals surface area contributed by atoms with Crippen LogP contribution in [0.1, 0.15) is 12.0 Å². The van der Waals surface area contributed by atoms with Gasteiger partial charge >= 0.3 is 5.97 Å². The molecule has 8 heteroatoms. The van der Waals surface area contributed by atoms with Crippen molar-refractivity contribution in [3.05, 3.63) is 65.6 Å². The molecule has 1 aliphatic heterocycles. The number of rotatable bonds is 6. The molecule has 0 saturated carbocycles. The number of amides is 2. The zero-order valence-corrected chi connectivity index (χ0v) is 15.0. The van der Waals surface area contributed by atoms with Crippen LogP contribution in [0.4, 0.5) is 0 Å². The van der Waals surface area contributed by atoms with Crippen LogP contribution in [-0.2, 0) is 20.9 Å². The van der Waals surface area contributed by atoms with Gasteiger partial charge in [0.1, 0.15) is 17.9 Å². The van der Waals surface area contributed by atoms with Crippen molar-refractivity contribution in [2.75, 3.05) is 13.1 Å². The van der Waals surface area contributed by atoms with Crippen LogP contribution >= 0.6 is 0 Å². The van der Waals surface area contributed by atoms with Gasteiger partial charge in [-0.3, -0.25) is 19.4 Å². The third-order valence-electron chi connectivity index (χ3n) is 4.32. The van der Waals surface area contributed by atoms with Crippen LogP contribution in [-0.4, -0.2) is 51.0 Å². The SMILES string of the molecule is O=C(O)CNC(=O)C1=C(O)CCN(Cc2ccc(-c3ccccn3)cc2)C1=O. The number of carbonyl (C=O) groups excluding carboxylic acids is 2. The summed E-state index contributed by atoms with van der Waals surface area (Å²) in [6.07, 6.45) is 1.85. The van der Waals surface area contributed by atoms with Crippen LogP contribution in [0.3, 0.4) is 0 Å². The number of carboxylic acid groups (broad SMARTS) is 1. The van der Waals surface area contributed by atoms with E-state index in [0.717, 1.165) is 16.8 Å². The summed E-state index contributed by atoms with van der Waals surface area (Å²) in [6, 6.07) is 13.2. The van der Waals surface area contributed by atoms with Crippen LogP contribution in [0.5, 0.6) is 0 Å². The minimum Gasteiger partial charge on any atom is -0.511 e. The highest BCUT2D eigenvalue weighted by molar-refractivity contribution is 6.19. The fraction of sp³-hybridized carbons (Fsp3) is 0.200. The highest BCUT2D eigenvalue weighted by Crippen LogP contribution is 2.22. The largest absolute Gasteiger partial charge is 0.511 e. The summed E-state index contributed by atoms with van der Waals surface area (Å²) in [4.78, 5) is 41.0. The van der Waals surface area contributed by atoms with Crippen LogP contribution in [0.25, 0.3) is 11.3 Å². The van der Waals surface area contributed by atoms with Gasteiger partial charge in [-0.25, -0.2) is 0 Å². The minimum absolute atomic E-state index is 0.133. The molecule has 0 aliphatic carbocycles. The van der Waals surface area contributed by atoms with E-state index in [9.17, 15) is 19.5 Å². The molecule has 2 heterocycles. The highest BCUT2D eigenvalue weighted by Gasteiger charge is 2.32. The molecule has 28 heavy (non-hydrogen) atoms. The van der Waals surface area contributed by atoms with Crippen LogP contribution < -0.4 is 5.32 Å². The Kier molecular flexibility index (Phi) is 5.69. The maximum atomic E-state index is 12.6. The second kappa shape index (κ2) is 8.34. The second-order valence-electron chi connectivity index (χ2n) is 6.29. The highest BCUT2D eigenvalue weighted by atomic mass is 16.4. The summed E-state index contributed by atoms with van der Waals surface area (Å²) < 4.78 is 0. The molecule has 1 aromatic carbocycles. The molecule has 144 valence electrons. The van der Waals surface area contributed by atoms with Crippen molar-refractivity contribution >= 4 is 17.8 Å². The number of aromatic nitrogens is 1. The number of aliphatic hydroxyl groups excluding tert-OH is 1. The molecular formula is C20H19N3O5. The molecule has 1 aliphatic rings. The standard InChI is InChI=1S/C20H19N3O5/c24-16-8-10-23(20(28)18(16)19(27)22-11-17(25)26)12-13-4-6-14(7-5-13)15-3-1-2-9-21-15/h1-7,9,24H,8,10-12H2,(H,22,27)(H,25,26). The van der Waals surface area contributed by atoms with Crippen molar-refractivity contribution in [1.29, 1.82) is 0 Å². The number of carbonyl (C=O) groups is 3. The van der Waals surface area contributed by atoms with Crippen LogP contribution in [0.15, 0.2) is 60.0 Å². The third-order valence-corrected chi connectivity index (χ3v) is 4.32. The number of pyridine rings is 1. The summed E-state index contributed by atoms with van der Waals surface area (Å²) in [5.41, 5.74) is 2.24. The zero-order chi connectivity index (χ0) is 20.1. The first-order valence-electron chi connectivity index (χ1n) is 8.67. The van der Waals surface area contributed by atoms with Gasteiger partial charge in [0.15, 0.2) is 0 Å². The monoisotopic (exact) mass is 381 g/mol. The molecule has 3 rings (SSSR count). The fourth-order valence-corrected chi connectivity index (χ4v) is 2.91. The van der Waals surface area contributed by atoms with E-state index in [0.29, 0.717) is 0 Å². The van der Waals surface area contributed by atoms with Crippen LogP contribution in [0, 0.1) is 0 Å². The average molecular weight is 381 g/mol. The number of nitrogens with one attached hydrogen (secondary N) is 1. The van der Waals surface area contributed by atoms with Gasteiger partial charge in [-0.1, -0.05) is 30.3 Å². The lowest BCUT2D eigenvalue weighted by Gasteiger charge is -2.28. The summed E-state index contributed by atoms with van der Waals surface area (Å²) in [6.45, 7) is -0.0927. The predicted molar refractivity (Wildman–Crippen MR) is 100 cm³/mol. The quantitative estimate of drug-likeness (QED) is 0.652. The van der Waals surface area contributed by atoms with Crippen LogP contribution in [0.2, 0.25) is 0 Å². The van der Waals surface area contributed by atoms with Crippen molar-refractivity contribution in [3.8, 4) is 11.3 Å². The predicted octanol–water partition coefficient (Wildman–Crippen LogP) is 1.49. The molecule has 0 bridgehead atoms. The Morgan fingerprint density at radius 2 is 1.89 bits per heavy atom. The summed E-state index contributed by atoms with van der Waals surface area (Å²) >= 11 is 0. The molecule has 2 aromatic rings. The van der Waals surface area contributed by atoms with Gasteiger partial charge in [0, 0.05) is 31.3 Å². The first kappa shape index (κ1) is 19.1. The maximum absolute atomic E-state index is 12.6. The van der Waals surface area contributed by atoms with Crippen molar-refractivity contribution in [1.82, 2.24) is 15.2 Å². The smallest absolute Gasteiger partial charge is 0.322 e. The van der Waals surface area contributed by atoms with E-state index in [4.69, 9.17) is 5.11 Å². The Balaban J connectivity index is 1.70. The van der Waals surface area contributed by atoms with Gasteiger partial charge in [0.25, 0.3) is 11.8 Å². The van der Waals surface area contributed by atoms with E-state index in [1.54, 1.807) is 6.20 Å². The second-order valence-corrected chi connectivity index (χ2v) is 6.29. The van der Waals surface area contributed by atoms with E-state index in [-0.39, 0.29) is 25.3 Å². The normalized spacial score (nSPS) is 14.1. The molecule has 0 spiro atoms. The van der Waals surface area contributed by atoms with Gasteiger partial charge in [-0.15, -0.1) is 0 Å². The number of hydrogen-bond acceptors (Lipinski definition) is 5. The van der Waals surface area contributed by atoms with E-state index in [1.165, 1.54) is 4.90 Å². The van der Waals surface area contributed by atoms with E-state index in [2.05, 4.69) is 10.3 Å². The number of hydrogen-bond donors (Lipinski definition) is 3. The third kappa shape index (κ3) is 4.35. The van der Waals surface area contributed by atoms with Crippen molar-refractivity contribution in [2.45, 2.75) is 13.0 Å². The first-order chi connectivity index (χ1) is 13.5. The molecule has 0 atom stereocenters. The number of benzene rings is 1. The van der Waals surface area contributed by atoms with Crippen molar-refractivity contribution in [3.63, 3.8) is 0 Å². The first-order valence-corrected chi connectivity index (χ1v) is 8.67. The lowest BCUT2D eigenvalue weighted by atomic mass is 10.0. The molecule has 2 amide bonds. The molecule has 0 saturated heterocycles. The van der Waals surface area contributed by atoms with E-state index >= 15 is 0 Å². The number of aliphatic hydroxyl groups is 1. The summed E-state index contributed by atoms with van der Waals surface area (Å²) in [7, 11) is 0. The number of carboxylic acids is 1. The Morgan fingerprint density at radius 3 is 2.54 bits per heavy atom. The average Bonchev–Trinajstić information content (AvgIpc) is 2.70. The lowest BCUT2D eigenvalue weighted by molar-refractivity contribution is -0.138. The molecular weight excluding hydrogens is 362 g/mol. The molecule has 8 nitrogen and oxygen atoms in total. The molecule has 1 aromatic heterocycles. The van der Waals surface area contributed by atoms with Crippen molar-refractivity contribution in [2.24, 2.45) is 0 Å². The van der Waals surface area contributed by atoms with E-state index in [1.807, 2.05) is 42.5 Å². The van der Waals surface area contributed by atoms with Gasteiger partial charge in [-0.2, -0.15) is 0 Å². The Morgan fingerprint density at radius 1 is 1.14 bits per heavy atom. The van der Waals surface area contributed by atoms with Gasteiger partial charge in [-0.05, 0) is 17.7 Å². The molecule has 0 fully saturated rings. The summed E-state index contributed by atoms with van der Waals surface area (Å²) in [5, 5.41) is 20.7. The minimum atomic E-state index is -1.23. The number of aliphatic carboxylic acids is 1. The molecule has 3 N–H and O–H groups in total. The molecule has 0 unspecified atom stereocenters. The Bertz CT molecular complexity index is 923. The van der Waals surface area contributed by atoms with Gasteiger partial charge in [0.05, 0.1) is 5.69 Å². The Labute approximate surface area is 161 Å². The topological polar surface area (TPSA) is 120 Å².